The number of ether oxygens (including phenoxy) is 1. The topological polar surface area (TPSA) is 99.2 Å². The third-order valence-electron chi connectivity index (χ3n) is 5.31. The van der Waals surface area contributed by atoms with Gasteiger partial charge in [-0.25, -0.2) is 4.98 Å². The summed E-state index contributed by atoms with van der Waals surface area (Å²) in [5.74, 6) is 1.55. The molecule has 1 amide bonds. The van der Waals surface area contributed by atoms with E-state index in [0.717, 1.165) is 30.5 Å². The van der Waals surface area contributed by atoms with E-state index in [1.54, 1.807) is 36.8 Å². The standard InChI is InChI=1S/C24H19N7O2/c1-25-21-10-8-17(14-26-21)16-7-9-20-18(13-16)24(32)29-22-6-4-5-19(28-22)23-30-27-15-31(23)11-2-3-12-33-20/h4-10,13-15H,2-3,11-12H2,(H,28,29,32). The van der Waals surface area contributed by atoms with Crippen molar-refractivity contribution in [2.75, 3.05) is 11.9 Å². The van der Waals surface area contributed by atoms with Crippen LogP contribution in [0.4, 0.5) is 11.6 Å². The summed E-state index contributed by atoms with van der Waals surface area (Å²) in [5, 5.41) is 11.1. The fourth-order valence-electron chi connectivity index (χ4n) is 3.63. The van der Waals surface area contributed by atoms with Gasteiger partial charge < -0.3 is 19.5 Å². The molecule has 4 heterocycles. The summed E-state index contributed by atoms with van der Waals surface area (Å²) in [6.07, 6.45) is 4.97. The Labute approximate surface area is 189 Å². The van der Waals surface area contributed by atoms with Crippen LogP contribution in [0.25, 0.3) is 27.5 Å². The third-order valence-corrected chi connectivity index (χ3v) is 5.31. The highest BCUT2D eigenvalue weighted by Crippen LogP contribution is 2.29. The van der Waals surface area contributed by atoms with Crippen LogP contribution in [0, 0.1) is 6.57 Å². The summed E-state index contributed by atoms with van der Waals surface area (Å²) in [4.78, 5) is 25.3. The van der Waals surface area contributed by atoms with E-state index in [1.807, 2.05) is 28.8 Å². The van der Waals surface area contributed by atoms with Crippen LogP contribution < -0.4 is 10.1 Å². The maximum Gasteiger partial charge on any atom is 0.269 e. The molecule has 33 heavy (non-hydrogen) atoms. The second-order valence-electron chi connectivity index (χ2n) is 7.49. The van der Waals surface area contributed by atoms with Gasteiger partial charge in [-0.2, -0.15) is 0 Å². The van der Waals surface area contributed by atoms with Gasteiger partial charge >= 0.3 is 0 Å². The van der Waals surface area contributed by atoms with Crippen molar-refractivity contribution < 1.29 is 9.53 Å². The molecule has 1 aromatic carbocycles. The molecule has 0 unspecified atom stereocenters. The molecule has 3 aromatic heterocycles. The zero-order valence-corrected chi connectivity index (χ0v) is 17.6. The van der Waals surface area contributed by atoms with Crippen molar-refractivity contribution in [3.8, 4) is 28.4 Å². The highest BCUT2D eigenvalue weighted by Gasteiger charge is 2.17. The predicted molar refractivity (Wildman–Crippen MR) is 122 cm³/mol. The first-order valence-electron chi connectivity index (χ1n) is 10.5. The van der Waals surface area contributed by atoms with E-state index in [2.05, 4.69) is 30.3 Å². The molecule has 0 spiro atoms. The zero-order chi connectivity index (χ0) is 22.6. The molecule has 0 fully saturated rings. The summed E-state index contributed by atoms with van der Waals surface area (Å²) >= 11 is 0. The van der Waals surface area contributed by atoms with Gasteiger partial charge in [0.1, 0.15) is 29.8 Å². The lowest BCUT2D eigenvalue weighted by Gasteiger charge is -2.15. The largest absolute Gasteiger partial charge is 0.493 e. The number of fused-ring (bicyclic) bond motifs is 5. The maximum atomic E-state index is 13.2. The molecule has 0 radical (unpaired) electrons. The number of amides is 1. The molecular formula is C24H19N7O2. The Bertz CT molecular complexity index is 1360. The van der Waals surface area contributed by atoms with Crippen molar-refractivity contribution in [3.63, 3.8) is 0 Å². The average molecular weight is 437 g/mol. The molecule has 9 nitrogen and oxygen atoms in total. The van der Waals surface area contributed by atoms with E-state index in [-0.39, 0.29) is 5.91 Å². The van der Waals surface area contributed by atoms with Crippen molar-refractivity contribution in [1.82, 2.24) is 24.7 Å². The number of carbonyl (C=O) groups excluding carboxylic acids is 1. The molecule has 4 aromatic rings. The van der Waals surface area contributed by atoms with E-state index in [1.165, 1.54) is 0 Å². The molecule has 0 saturated heterocycles. The minimum atomic E-state index is -0.333. The first-order chi connectivity index (χ1) is 16.2. The number of pyridine rings is 2. The van der Waals surface area contributed by atoms with Crippen LogP contribution in [-0.4, -0.2) is 37.2 Å². The number of aromatic nitrogens is 5. The molecule has 1 N–H and O–H groups in total. The van der Waals surface area contributed by atoms with Gasteiger partial charge in [-0.15, -0.1) is 15.2 Å². The van der Waals surface area contributed by atoms with Crippen LogP contribution >= 0.6 is 0 Å². The van der Waals surface area contributed by atoms with Gasteiger partial charge in [0.2, 0.25) is 0 Å². The molecular weight excluding hydrogens is 418 g/mol. The number of rotatable bonds is 1. The van der Waals surface area contributed by atoms with E-state index in [4.69, 9.17) is 11.3 Å². The van der Waals surface area contributed by atoms with E-state index < -0.39 is 0 Å². The molecule has 5 rings (SSSR count). The second kappa shape index (κ2) is 8.88. The number of hydrogen-bond donors (Lipinski definition) is 1. The average Bonchev–Trinajstić information content (AvgIpc) is 3.32. The summed E-state index contributed by atoms with van der Waals surface area (Å²) in [5.41, 5.74) is 2.64. The smallest absolute Gasteiger partial charge is 0.269 e. The first kappa shape index (κ1) is 20.3. The Morgan fingerprint density at radius 3 is 2.85 bits per heavy atom. The zero-order valence-electron chi connectivity index (χ0n) is 17.6. The van der Waals surface area contributed by atoms with Crippen LogP contribution in [0.1, 0.15) is 23.2 Å². The van der Waals surface area contributed by atoms with Crippen LogP contribution in [-0.2, 0) is 6.54 Å². The Kier molecular flexibility index (Phi) is 5.47. The Morgan fingerprint density at radius 2 is 2.00 bits per heavy atom. The fourth-order valence-corrected chi connectivity index (χ4v) is 3.63. The van der Waals surface area contributed by atoms with E-state index >= 15 is 0 Å². The van der Waals surface area contributed by atoms with Gasteiger partial charge in [0.25, 0.3) is 11.7 Å². The summed E-state index contributed by atoms with van der Waals surface area (Å²) in [7, 11) is 0. The molecule has 2 bridgehead atoms. The molecule has 162 valence electrons. The quantitative estimate of drug-likeness (QED) is 0.444. The van der Waals surface area contributed by atoms with Crippen LogP contribution in [0.3, 0.4) is 0 Å². The van der Waals surface area contributed by atoms with Gasteiger partial charge in [-0.1, -0.05) is 24.8 Å². The summed E-state index contributed by atoms with van der Waals surface area (Å²) < 4.78 is 7.93. The third kappa shape index (κ3) is 4.27. The van der Waals surface area contributed by atoms with E-state index in [9.17, 15) is 4.79 Å². The number of carbonyl (C=O) groups is 1. The fraction of sp³-hybridized carbons (Fsp3) is 0.167. The van der Waals surface area contributed by atoms with Crippen LogP contribution in [0.5, 0.6) is 5.75 Å². The maximum absolute atomic E-state index is 13.2. The predicted octanol–water partition coefficient (Wildman–Crippen LogP) is 4.38. The first-order valence-corrected chi connectivity index (χ1v) is 10.5. The molecule has 0 aliphatic carbocycles. The lowest BCUT2D eigenvalue weighted by atomic mass is 10.0. The highest BCUT2D eigenvalue weighted by molar-refractivity contribution is 6.06. The van der Waals surface area contributed by atoms with Crippen LogP contribution in [0.15, 0.2) is 61.1 Å². The SMILES string of the molecule is [C-]#[N+]c1ccc(-c2ccc3c(c2)C(=O)Nc2cccc(n2)-c2nncn2CCCCO3)cn1. The highest BCUT2D eigenvalue weighted by atomic mass is 16.5. The molecule has 1 aliphatic rings. The Morgan fingerprint density at radius 1 is 1.09 bits per heavy atom. The molecule has 0 saturated carbocycles. The minimum absolute atomic E-state index is 0.319. The van der Waals surface area contributed by atoms with Crippen molar-refractivity contribution in [3.05, 3.63) is 78.0 Å². The lowest BCUT2D eigenvalue weighted by Crippen LogP contribution is -2.16. The Balaban J connectivity index is 1.52. The van der Waals surface area contributed by atoms with Crippen molar-refractivity contribution >= 4 is 17.5 Å². The van der Waals surface area contributed by atoms with Gasteiger partial charge in [0.05, 0.1) is 12.2 Å². The number of hydrogen-bond acceptors (Lipinski definition) is 6. The lowest BCUT2D eigenvalue weighted by molar-refractivity contribution is 0.102. The minimum Gasteiger partial charge on any atom is -0.493 e. The molecule has 9 heteroatoms. The number of anilines is 1. The van der Waals surface area contributed by atoms with E-state index in [0.29, 0.717) is 41.1 Å². The summed E-state index contributed by atoms with van der Waals surface area (Å²) in [6.45, 7) is 8.28. The number of nitrogens with zero attached hydrogens (tertiary/aromatic N) is 6. The van der Waals surface area contributed by atoms with Gasteiger partial charge in [-0.3, -0.25) is 4.79 Å². The van der Waals surface area contributed by atoms with Gasteiger partial charge in [0.15, 0.2) is 5.82 Å². The molecule has 1 aliphatic heterocycles. The van der Waals surface area contributed by atoms with Crippen LogP contribution in [0.2, 0.25) is 0 Å². The number of aryl methyl sites for hydroxylation is 1. The Hall–Kier alpha value is -4.58. The monoisotopic (exact) mass is 437 g/mol. The van der Waals surface area contributed by atoms with Crippen molar-refractivity contribution in [1.29, 1.82) is 0 Å². The number of nitrogens with one attached hydrogen (secondary N) is 1. The van der Waals surface area contributed by atoms with Crippen molar-refractivity contribution in [2.24, 2.45) is 0 Å². The summed E-state index contributed by atoms with van der Waals surface area (Å²) in [6, 6.07) is 14.3. The molecule has 0 atom stereocenters. The van der Waals surface area contributed by atoms with Gasteiger partial charge in [0, 0.05) is 12.1 Å². The second-order valence-corrected chi connectivity index (χ2v) is 7.49. The number of benzene rings is 1. The van der Waals surface area contributed by atoms with Crippen molar-refractivity contribution in [2.45, 2.75) is 19.4 Å². The normalized spacial score (nSPS) is 13.5. The van der Waals surface area contributed by atoms with Gasteiger partial charge in [-0.05, 0) is 48.7 Å².